The molecule has 2 N–H and O–H groups in total. The summed E-state index contributed by atoms with van der Waals surface area (Å²) < 4.78 is 1.44. The molecular weight excluding hydrogens is 182 g/mol. The zero-order valence-electron chi connectivity index (χ0n) is 8.66. The number of nitrogens with one attached hydrogen (secondary N) is 1. The van der Waals surface area contributed by atoms with Gasteiger partial charge in [-0.25, -0.2) is 4.98 Å². The van der Waals surface area contributed by atoms with Gasteiger partial charge in [0, 0.05) is 32.7 Å². The number of aliphatic hydroxyl groups excluding tert-OH is 1. The van der Waals surface area contributed by atoms with Crippen LogP contribution < -0.4 is 10.9 Å². The van der Waals surface area contributed by atoms with Gasteiger partial charge >= 0.3 is 0 Å². The van der Waals surface area contributed by atoms with Crippen molar-refractivity contribution in [2.24, 2.45) is 7.05 Å². The van der Waals surface area contributed by atoms with E-state index in [-0.39, 0.29) is 12.2 Å². The van der Waals surface area contributed by atoms with E-state index in [2.05, 4.69) is 10.3 Å². The van der Waals surface area contributed by atoms with E-state index in [4.69, 9.17) is 5.11 Å². The van der Waals surface area contributed by atoms with Crippen molar-refractivity contribution in [3.8, 4) is 0 Å². The van der Waals surface area contributed by atoms with Crippen molar-refractivity contribution >= 4 is 5.95 Å². The molecule has 0 aliphatic carbocycles. The van der Waals surface area contributed by atoms with Crippen LogP contribution in [0.25, 0.3) is 0 Å². The Bertz CT molecular complexity index is 384. The van der Waals surface area contributed by atoms with Gasteiger partial charge in [-0.1, -0.05) is 0 Å². The van der Waals surface area contributed by atoms with Crippen molar-refractivity contribution in [1.82, 2.24) is 9.55 Å². The molecule has 5 heteroatoms. The number of aryl methyl sites for hydroxylation is 1. The molecular formula is C9H15N3O2. The molecule has 0 bridgehead atoms. The van der Waals surface area contributed by atoms with Crippen molar-refractivity contribution in [2.75, 3.05) is 19.0 Å². The monoisotopic (exact) mass is 197 g/mol. The zero-order chi connectivity index (χ0) is 10.7. The predicted octanol–water partition coefficient (Wildman–Crippen LogP) is -0.335. The molecule has 0 aliphatic heterocycles. The van der Waals surface area contributed by atoms with E-state index in [0.717, 1.165) is 0 Å². The Morgan fingerprint density at radius 3 is 2.71 bits per heavy atom. The Morgan fingerprint density at radius 1 is 1.57 bits per heavy atom. The Kier molecular flexibility index (Phi) is 3.24. The summed E-state index contributed by atoms with van der Waals surface area (Å²) in [6, 6.07) is 0. The lowest BCUT2D eigenvalue weighted by Gasteiger charge is -2.10. The highest BCUT2D eigenvalue weighted by atomic mass is 16.3. The molecule has 0 fully saturated rings. The van der Waals surface area contributed by atoms with Crippen molar-refractivity contribution in [1.29, 1.82) is 0 Å². The summed E-state index contributed by atoms with van der Waals surface area (Å²) in [6.07, 6.45) is 0.357. The van der Waals surface area contributed by atoms with Crippen molar-refractivity contribution in [2.45, 2.75) is 13.3 Å². The molecule has 1 rings (SSSR count). The third-order valence-electron chi connectivity index (χ3n) is 2.18. The fourth-order valence-corrected chi connectivity index (χ4v) is 1.38. The molecule has 14 heavy (non-hydrogen) atoms. The Hall–Kier alpha value is -1.36. The topological polar surface area (TPSA) is 67.2 Å². The third-order valence-corrected chi connectivity index (χ3v) is 2.18. The van der Waals surface area contributed by atoms with Gasteiger partial charge in [0.25, 0.3) is 5.56 Å². The summed E-state index contributed by atoms with van der Waals surface area (Å²) in [4.78, 5) is 15.9. The van der Waals surface area contributed by atoms with Crippen LogP contribution in [0, 0.1) is 6.92 Å². The lowest BCUT2D eigenvalue weighted by molar-refractivity contribution is 0.298. The van der Waals surface area contributed by atoms with Crippen LogP contribution in [0.4, 0.5) is 5.95 Å². The van der Waals surface area contributed by atoms with Crippen LogP contribution in [0.1, 0.15) is 11.3 Å². The minimum Gasteiger partial charge on any atom is -0.396 e. The van der Waals surface area contributed by atoms with Gasteiger partial charge in [0.05, 0.1) is 5.69 Å². The van der Waals surface area contributed by atoms with Gasteiger partial charge in [0.2, 0.25) is 5.95 Å². The summed E-state index contributed by atoms with van der Waals surface area (Å²) in [7, 11) is 3.37. The van der Waals surface area contributed by atoms with Gasteiger partial charge in [0.1, 0.15) is 0 Å². The smallest absolute Gasteiger partial charge is 0.258 e. The molecule has 5 nitrogen and oxygen atoms in total. The summed E-state index contributed by atoms with van der Waals surface area (Å²) in [5.41, 5.74) is 1.15. The third kappa shape index (κ3) is 1.77. The van der Waals surface area contributed by atoms with Gasteiger partial charge < -0.3 is 10.4 Å². The van der Waals surface area contributed by atoms with Gasteiger partial charge in [-0.2, -0.15) is 0 Å². The molecule has 0 aliphatic rings. The van der Waals surface area contributed by atoms with E-state index < -0.39 is 0 Å². The quantitative estimate of drug-likeness (QED) is 0.696. The molecule has 1 heterocycles. The average molecular weight is 197 g/mol. The highest BCUT2D eigenvalue weighted by molar-refractivity contribution is 5.30. The minimum absolute atomic E-state index is 0.0311. The summed E-state index contributed by atoms with van der Waals surface area (Å²) in [6.45, 7) is 1.74. The molecule has 1 aromatic rings. The lowest BCUT2D eigenvalue weighted by atomic mass is 10.2. The average Bonchev–Trinajstić information content (AvgIpc) is 2.18. The molecule has 0 spiro atoms. The maximum atomic E-state index is 11.7. The van der Waals surface area contributed by atoms with Crippen LogP contribution in [-0.4, -0.2) is 28.3 Å². The first kappa shape index (κ1) is 10.7. The summed E-state index contributed by atoms with van der Waals surface area (Å²) in [5, 5.41) is 11.6. The van der Waals surface area contributed by atoms with E-state index in [1.54, 1.807) is 21.0 Å². The van der Waals surface area contributed by atoms with Crippen molar-refractivity contribution in [3.05, 3.63) is 21.6 Å². The fourth-order valence-electron chi connectivity index (χ4n) is 1.38. The molecule has 1 aromatic heterocycles. The minimum atomic E-state index is -0.101. The molecule has 0 amide bonds. The van der Waals surface area contributed by atoms with E-state index >= 15 is 0 Å². The van der Waals surface area contributed by atoms with Crippen LogP contribution in [0.5, 0.6) is 0 Å². The fraction of sp³-hybridized carbons (Fsp3) is 0.556. The first-order chi connectivity index (χ1) is 6.61. The van der Waals surface area contributed by atoms with Crippen LogP contribution >= 0.6 is 0 Å². The first-order valence-corrected chi connectivity index (χ1v) is 4.47. The number of aliphatic hydroxyl groups is 1. The second kappa shape index (κ2) is 4.23. The standard InChI is InChI=1S/C9H15N3O2/c1-6-7(4-5-13)8(14)12(3)9(10-2)11-6/h13H,4-5H2,1-3H3,(H,10,11). The molecule has 0 radical (unpaired) electrons. The second-order valence-corrected chi connectivity index (χ2v) is 3.09. The van der Waals surface area contributed by atoms with Crippen LogP contribution in [-0.2, 0) is 13.5 Å². The van der Waals surface area contributed by atoms with Gasteiger partial charge in [-0.3, -0.25) is 9.36 Å². The second-order valence-electron chi connectivity index (χ2n) is 3.09. The first-order valence-electron chi connectivity index (χ1n) is 4.47. The Morgan fingerprint density at radius 2 is 2.21 bits per heavy atom. The highest BCUT2D eigenvalue weighted by Gasteiger charge is 2.09. The Labute approximate surface area is 82.4 Å². The number of hydrogen-bond acceptors (Lipinski definition) is 4. The molecule has 78 valence electrons. The maximum absolute atomic E-state index is 11.7. The number of anilines is 1. The highest BCUT2D eigenvalue weighted by Crippen LogP contribution is 2.04. The molecule has 0 unspecified atom stereocenters. The number of aromatic nitrogens is 2. The number of hydrogen-bond donors (Lipinski definition) is 2. The summed E-state index contributed by atoms with van der Waals surface area (Å²) >= 11 is 0. The largest absolute Gasteiger partial charge is 0.396 e. The predicted molar refractivity (Wildman–Crippen MR) is 54.6 cm³/mol. The van der Waals surface area contributed by atoms with Gasteiger partial charge in [0.15, 0.2) is 0 Å². The SMILES string of the molecule is CNc1nc(C)c(CCO)c(=O)n1C. The normalized spacial score (nSPS) is 10.3. The maximum Gasteiger partial charge on any atom is 0.258 e. The van der Waals surface area contributed by atoms with E-state index in [0.29, 0.717) is 23.6 Å². The van der Waals surface area contributed by atoms with Crippen molar-refractivity contribution < 1.29 is 5.11 Å². The van der Waals surface area contributed by atoms with E-state index in [1.807, 2.05) is 0 Å². The molecule has 0 saturated carbocycles. The zero-order valence-corrected chi connectivity index (χ0v) is 8.66. The van der Waals surface area contributed by atoms with Crippen LogP contribution in [0.15, 0.2) is 4.79 Å². The summed E-state index contributed by atoms with van der Waals surface area (Å²) in [5.74, 6) is 0.536. The molecule has 0 saturated heterocycles. The van der Waals surface area contributed by atoms with Gasteiger partial charge in [-0.05, 0) is 6.92 Å². The molecule has 0 aromatic carbocycles. The molecule has 0 atom stereocenters. The van der Waals surface area contributed by atoms with Crippen LogP contribution in [0.2, 0.25) is 0 Å². The number of nitrogens with zero attached hydrogens (tertiary/aromatic N) is 2. The lowest BCUT2D eigenvalue weighted by Crippen LogP contribution is -2.26. The van der Waals surface area contributed by atoms with E-state index in [9.17, 15) is 4.79 Å². The van der Waals surface area contributed by atoms with Gasteiger partial charge in [-0.15, -0.1) is 0 Å². The van der Waals surface area contributed by atoms with Crippen LogP contribution in [0.3, 0.4) is 0 Å². The Balaban J connectivity index is 3.34. The van der Waals surface area contributed by atoms with Crippen molar-refractivity contribution in [3.63, 3.8) is 0 Å². The van der Waals surface area contributed by atoms with E-state index in [1.165, 1.54) is 4.57 Å². The number of rotatable bonds is 3.